The zero-order valence-corrected chi connectivity index (χ0v) is 17.2. The number of allylic oxidation sites excluding steroid dienone is 3. The Labute approximate surface area is 176 Å². The van der Waals surface area contributed by atoms with Crippen molar-refractivity contribution in [3.05, 3.63) is 95.2 Å². The Balaban J connectivity index is 1.64. The van der Waals surface area contributed by atoms with E-state index in [-0.39, 0.29) is 30.3 Å². The number of carbonyl (C=O) groups is 2. The van der Waals surface area contributed by atoms with E-state index in [1.165, 1.54) is 5.57 Å². The Bertz CT molecular complexity index is 1090. The first-order valence-corrected chi connectivity index (χ1v) is 10.2. The van der Waals surface area contributed by atoms with E-state index in [0.717, 1.165) is 11.4 Å². The fourth-order valence-corrected chi connectivity index (χ4v) is 3.67. The molecule has 2 unspecified atom stereocenters. The quantitative estimate of drug-likeness (QED) is 0.624. The number of aliphatic imine (C=N–C) groups is 2. The van der Waals surface area contributed by atoms with E-state index in [4.69, 9.17) is 9.98 Å². The SMILES string of the molecule is CC1=CC2=NC(CC(=O)c3ccccc3)C(CC(=O)c3ccccc3)=NC2=CC1C. The second-order valence-corrected chi connectivity index (χ2v) is 7.82. The van der Waals surface area contributed by atoms with Gasteiger partial charge in [0.05, 0.1) is 29.6 Å². The summed E-state index contributed by atoms with van der Waals surface area (Å²) in [6.07, 6.45) is 4.47. The molecular weight excluding hydrogens is 372 g/mol. The molecule has 0 spiro atoms. The van der Waals surface area contributed by atoms with Crippen LogP contribution >= 0.6 is 0 Å². The molecule has 30 heavy (non-hydrogen) atoms. The molecule has 0 saturated carbocycles. The van der Waals surface area contributed by atoms with E-state index >= 15 is 0 Å². The van der Waals surface area contributed by atoms with Crippen molar-refractivity contribution in [3.8, 4) is 0 Å². The molecule has 4 rings (SSSR count). The fourth-order valence-electron chi connectivity index (χ4n) is 3.67. The third kappa shape index (κ3) is 4.28. The van der Waals surface area contributed by atoms with E-state index in [1.807, 2.05) is 54.6 Å². The molecule has 4 heteroatoms. The molecule has 2 aromatic rings. The standard InChI is InChI=1S/C26H24N2O2/c1-17-13-21-22(14-18(17)2)28-24(16-26(30)20-11-7-4-8-12-20)23(27-21)15-25(29)19-9-5-3-6-10-19/h3-14,17,24H,15-16H2,1-2H3. The van der Waals surface area contributed by atoms with Crippen LogP contribution in [0.4, 0.5) is 0 Å². The summed E-state index contributed by atoms with van der Waals surface area (Å²) in [5.74, 6) is 0.264. The van der Waals surface area contributed by atoms with E-state index in [9.17, 15) is 9.59 Å². The Morgan fingerprint density at radius 2 is 1.50 bits per heavy atom. The zero-order valence-electron chi connectivity index (χ0n) is 17.2. The van der Waals surface area contributed by atoms with E-state index in [2.05, 4.69) is 19.9 Å². The average Bonchev–Trinajstić information content (AvgIpc) is 2.76. The molecule has 150 valence electrons. The number of nitrogens with zero attached hydrogens (tertiary/aromatic N) is 2. The van der Waals surface area contributed by atoms with Gasteiger partial charge in [0.25, 0.3) is 0 Å². The van der Waals surface area contributed by atoms with Crippen molar-refractivity contribution in [2.75, 3.05) is 0 Å². The number of hydrogen-bond acceptors (Lipinski definition) is 4. The molecule has 0 saturated heterocycles. The average molecular weight is 396 g/mol. The van der Waals surface area contributed by atoms with E-state index in [0.29, 0.717) is 16.8 Å². The van der Waals surface area contributed by atoms with Crippen LogP contribution in [-0.4, -0.2) is 29.0 Å². The Morgan fingerprint density at radius 3 is 2.13 bits per heavy atom. The molecule has 2 aliphatic rings. The molecule has 0 aromatic heterocycles. The lowest BCUT2D eigenvalue weighted by Gasteiger charge is -2.25. The second-order valence-electron chi connectivity index (χ2n) is 7.82. The van der Waals surface area contributed by atoms with Crippen LogP contribution in [0.5, 0.6) is 0 Å². The summed E-state index contributed by atoms with van der Waals surface area (Å²) in [6, 6.07) is 18.0. The van der Waals surface area contributed by atoms with Crippen molar-refractivity contribution in [1.82, 2.24) is 0 Å². The van der Waals surface area contributed by atoms with Gasteiger partial charge in [-0.25, -0.2) is 0 Å². The van der Waals surface area contributed by atoms with Gasteiger partial charge in [-0.15, -0.1) is 0 Å². The Kier molecular flexibility index (Phi) is 5.66. The minimum Gasteiger partial charge on any atom is -0.294 e. The highest BCUT2D eigenvalue weighted by Gasteiger charge is 2.29. The van der Waals surface area contributed by atoms with Crippen LogP contribution in [-0.2, 0) is 0 Å². The highest BCUT2D eigenvalue weighted by molar-refractivity contribution is 6.19. The molecule has 1 aliphatic heterocycles. The third-order valence-electron chi connectivity index (χ3n) is 5.61. The van der Waals surface area contributed by atoms with Crippen LogP contribution in [0.25, 0.3) is 0 Å². The topological polar surface area (TPSA) is 58.9 Å². The smallest absolute Gasteiger partial charge is 0.168 e. The minimum atomic E-state index is -0.435. The number of carbonyl (C=O) groups excluding carboxylic acids is 2. The van der Waals surface area contributed by atoms with Gasteiger partial charge in [0, 0.05) is 17.5 Å². The van der Waals surface area contributed by atoms with E-state index < -0.39 is 6.04 Å². The molecular formula is C26H24N2O2. The summed E-state index contributed by atoms with van der Waals surface area (Å²) >= 11 is 0. The number of Topliss-reactive ketones (excluding diaryl/α,β-unsaturated/α-hetero) is 2. The number of ketones is 2. The van der Waals surface area contributed by atoms with Gasteiger partial charge >= 0.3 is 0 Å². The summed E-state index contributed by atoms with van der Waals surface area (Å²) in [5, 5.41) is 0. The first-order valence-electron chi connectivity index (χ1n) is 10.2. The van der Waals surface area contributed by atoms with E-state index in [1.54, 1.807) is 12.1 Å². The summed E-state index contributed by atoms with van der Waals surface area (Å²) < 4.78 is 0. The predicted molar refractivity (Wildman–Crippen MR) is 120 cm³/mol. The number of rotatable bonds is 6. The van der Waals surface area contributed by atoms with Crippen LogP contribution in [0.3, 0.4) is 0 Å². The molecule has 4 nitrogen and oxygen atoms in total. The van der Waals surface area contributed by atoms with Gasteiger partial charge in [-0.1, -0.05) is 73.2 Å². The summed E-state index contributed by atoms with van der Waals surface area (Å²) in [5.41, 5.74) is 4.76. The summed E-state index contributed by atoms with van der Waals surface area (Å²) in [6.45, 7) is 4.19. The van der Waals surface area contributed by atoms with Crippen molar-refractivity contribution < 1.29 is 9.59 Å². The van der Waals surface area contributed by atoms with Crippen LogP contribution in [0, 0.1) is 5.92 Å². The lowest BCUT2D eigenvalue weighted by molar-refractivity contribution is 0.0972. The maximum atomic E-state index is 12.9. The van der Waals surface area contributed by atoms with Crippen molar-refractivity contribution in [2.45, 2.75) is 32.7 Å². The minimum absolute atomic E-state index is 0.00196. The highest BCUT2D eigenvalue weighted by Crippen LogP contribution is 2.27. The normalized spacial score (nSPS) is 20.3. The van der Waals surface area contributed by atoms with Gasteiger partial charge in [0.1, 0.15) is 0 Å². The van der Waals surface area contributed by atoms with Crippen molar-refractivity contribution in [3.63, 3.8) is 0 Å². The lowest BCUT2D eigenvalue weighted by Crippen LogP contribution is -2.31. The molecule has 2 aromatic carbocycles. The monoisotopic (exact) mass is 396 g/mol. The van der Waals surface area contributed by atoms with Crippen molar-refractivity contribution in [1.29, 1.82) is 0 Å². The van der Waals surface area contributed by atoms with Crippen LogP contribution < -0.4 is 0 Å². The first-order chi connectivity index (χ1) is 14.5. The maximum absolute atomic E-state index is 12.9. The molecule has 0 N–H and O–H groups in total. The molecule has 0 radical (unpaired) electrons. The Hall–Kier alpha value is -3.40. The van der Waals surface area contributed by atoms with Crippen LogP contribution in [0.1, 0.15) is 47.4 Å². The highest BCUT2D eigenvalue weighted by atomic mass is 16.1. The number of benzene rings is 2. The maximum Gasteiger partial charge on any atom is 0.168 e. The zero-order chi connectivity index (χ0) is 21.1. The van der Waals surface area contributed by atoms with Crippen LogP contribution in [0.15, 0.2) is 94.1 Å². The summed E-state index contributed by atoms with van der Waals surface area (Å²) in [4.78, 5) is 35.4. The number of hydrogen-bond donors (Lipinski definition) is 0. The van der Waals surface area contributed by atoms with Gasteiger partial charge in [0.2, 0.25) is 0 Å². The molecule has 0 bridgehead atoms. The Morgan fingerprint density at radius 1 is 0.900 bits per heavy atom. The second kappa shape index (κ2) is 8.54. The molecule has 0 amide bonds. The van der Waals surface area contributed by atoms with Gasteiger partial charge in [-0.2, -0.15) is 0 Å². The largest absolute Gasteiger partial charge is 0.294 e. The van der Waals surface area contributed by atoms with Gasteiger partial charge in [-0.3, -0.25) is 19.6 Å². The first kappa shape index (κ1) is 19.9. The predicted octanol–water partition coefficient (Wildman–Crippen LogP) is 5.28. The molecule has 1 aliphatic carbocycles. The third-order valence-corrected chi connectivity index (χ3v) is 5.61. The van der Waals surface area contributed by atoms with Gasteiger partial charge < -0.3 is 0 Å². The van der Waals surface area contributed by atoms with Gasteiger partial charge in [0.15, 0.2) is 11.6 Å². The molecule has 0 fully saturated rings. The molecule has 2 atom stereocenters. The van der Waals surface area contributed by atoms with Crippen molar-refractivity contribution in [2.24, 2.45) is 15.9 Å². The molecule has 1 heterocycles. The van der Waals surface area contributed by atoms with Gasteiger partial charge in [-0.05, 0) is 25.0 Å². The van der Waals surface area contributed by atoms with Crippen molar-refractivity contribution >= 4 is 23.0 Å². The summed E-state index contributed by atoms with van der Waals surface area (Å²) in [7, 11) is 0. The number of fused-ring (bicyclic) bond motifs is 1. The van der Waals surface area contributed by atoms with Crippen LogP contribution in [0.2, 0.25) is 0 Å². The fraction of sp³-hybridized carbons (Fsp3) is 0.231. The lowest BCUT2D eigenvalue weighted by atomic mass is 9.90.